The standard InChI is InChI=1S/C29H27ClF3N5O4/c1-5-20(40)36-11-29(33,12-36)13-37-18-10-16(30)24(21-19(39)7-6-17(31)22(21)32)35-26(18)38(28(42)27(37)41)25-15(4)8-9-34-23(25)14(2)3/h5-10,14,27,39,41H,1,11-13H2,2-4H3. The van der Waals surface area contributed by atoms with E-state index in [2.05, 4.69) is 16.5 Å². The molecular formula is C29H27ClF3N5O4. The molecule has 0 bridgehead atoms. The van der Waals surface area contributed by atoms with Gasteiger partial charge in [0.15, 0.2) is 23.1 Å². The van der Waals surface area contributed by atoms with E-state index < -0.39 is 53.2 Å². The SMILES string of the molecule is C=CC(=O)N1CC(F)(CN2c3cc(Cl)c(-c4c(O)ccc(F)c4F)nc3N(c3c(C)ccnc3C(C)C)C(=O)C2O)C1. The third-order valence-electron chi connectivity index (χ3n) is 7.32. The van der Waals surface area contributed by atoms with E-state index in [4.69, 9.17) is 11.6 Å². The summed E-state index contributed by atoms with van der Waals surface area (Å²) in [7, 11) is 0. The quantitative estimate of drug-likeness (QED) is 0.392. The normalized spacial score (nSPS) is 17.8. The van der Waals surface area contributed by atoms with Crippen molar-refractivity contribution in [1.29, 1.82) is 0 Å². The summed E-state index contributed by atoms with van der Waals surface area (Å²) in [6, 6.07) is 4.56. The van der Waals surface area contributed by atoms with Crippen molar-refractivity contribution >= 4 is 40.6 Å². The lowest BCUT2D eigenvalue weighted by molar-refractivity contribution is -0.140. The summed E-state index contributed by atoms with van der Waals surface area (Å²) in [5.74, 6) is -5.08. The van der Waals surface area contributed by atoms with E-state index in [9.17, 15) is 28.6 Å². The Morgan fingerprint density at radius 1 is 1.29 bits per heavy atom. The molecule has 2 aliphatic rings. The number of carbonyl (C=O) groups is 2. The maximum Gasteiger partial charge on any atom is 0.282 e. The van der Waals surface area contributed by atoms with E-state index in [0.717, 1.165) is 28.0 Å². The van der Waals surface area contributed by atoms with Gasteiger partial charge in [0.1, 0.15) is 5.75 Å². The first-order chi connectivity index (χ1) is 19.8. The fourth-order valence-corrected chi connectivity index (χ4v) is 5.51. The summed E-state index contributed by atoms with van der Waals surface area (Å²) in [5.41, 5.74) is -1.66. The van der Waals surface area contributed by atoms with Crippen molar-refractivity contribution in [2.24, 2.45) is 0 Å². The topological polar surface area (TPSA) is 110 Å². The number of hydrogen-bond acceptors (Lipinski definition) is 7. The number of aliphatic hydroxyl groups is 1. The smallest absolute Gasteiger partial charge is 0.282 e. The van der Waals surface area contributed by atoms with E-state index in [0.29, 0.717) is 16.9 Å². The molecule has 2 aliphatic heterocycles. The molecule has 42 heavy (non-hydrogen) atoms. The monoisotopic (exact) mass is 601 g/mol. The summed E-state index contributed by atoms with van der Waals surface area (Å²) < 4.78 is 45.0. The summed E-state index contributed by atoms with van der Waals surface area (Å²) in [5, 5.41) is 21.4. The number of amides is 2. The molecule has 0 spiro atoms. The number of aromatic hydroxyl groups is 1. The van der Waals surface area contributed by atoms with Crippen LogP contribution >= 0.6 is 11.6 Å². The highest BCUT2D eigenvalue weighted by Crippen LogP contribution is 2.47. The van der Waals surface area contributed by atoms with Crippen molar-refractivity contribution in [3.63, 3.8) is 0 Å². The highest BCUT2D eigenvalue weighted by molar-refractivity contribution is 6.33. The number of hydrogen-bond donors (Lipinski definition) is 2. The van der Waals surface area contributed by atoms with Gasteiger partial charge in [-0.25, -0.2) is 18.2 Å². The lowest BCUT2D eigenvalue weighted by Crippen LogP contribution is -2.67. The van der Waals surface area contributed by atoms with Gasteiger partial charge in [-0.2, -0.15) is 0 Å². The number of carbonyl (C=O) groups excluding carboxylic acids is 2. The van der Waals surface area contributed by atoms with Gasteiger partial charge >= 0.3 is 0 Å². The maximum atomic E-state index is 15.8. The Bertz CT molecular complexity index is 1630. The molecule has 1 unspecified atom stereocenters. The van der Waals surface area contributed by atoms with Gasteiger partial charge in [-0.05, 0) is 48.7 Å². The zero-order valence-corrected chi connectivity index (χ0v) is 23.7. The van der Waals surface area contributed by atoms with Crippen molar-refractivity contribution in [3.8, 4) is 17.0 Å². The van der Waals surface area contributed by atoms with Crippen LogP contribution in [0.4, 0.5) is 30.4 Å². The van der Waals surface area contributed by atoms with Crippen LogP contribution in [0, 0.1) is 18.6 Å². The van der Waals surface area contributed by atoms with Crippen molar-refractivity contribution in [1.82, 2.24) is 14.9 Å². The minimum atomic E-state index is -2.01. The Balaban J connectivity index is 1.73. The number of fused-ring (bicyclic) bond motifs is 1. The first-order valence-electron chi connectivity index (χ1n) is 13.0. The van der Waals surface area contributed by atoms with Crippen LogP contribution in [-0.2, 0) is 9.59 Å². The number of alkyl halides is 1. The predicted octanol–water partition coefficient (Wildman–Crippen LogP) is 4.75. The average Bonchev–Trinajstić information content (AvgIpc) is 2.93. The van der Waals surface area contributed by atoms with E-state index in [1.165, 1.54) is 11.0 Å². The molecule has 1 fully saturated rings. The second kappa shape index (κ2) is 10.6. The molecule has 220 valence electrons. The molecule has 13 heteroatoms. The molecule has 1 saturated heterocycles. The molecule has 1 aromatic carbocycles. The fourth-order valence-electron chi connectivity index (χ4n) is 5.27. The number of pyridine rings is 2. The molecule has 1 atom stereocenters. The zero-order valence-electron chi connectivity index (χ0n) is 22.9. The Morgan fingerprint density at radius 2 is 1.98 bits per heavy atom. The maximum absolute atomic E-state index is 15.8. The van der Waals surface area contributed by atoms with Gasteiger partial charge < -0.3 is 20.0 Å². The number of likely N-dealkylation sites (tertiary alicyclic amines) is 1. The minimum Gasteiger partial charge on any atom is -0.507 e. The molecule has 0 aliphatic carbocycles. The van der Waals surface area contributed by atoms with Crippen LogP contribution < -0.4 is 9.80 Å². The van der Waals surface area contributed by atoms with Crippen LogP contribution in [0.15, 0.2) is 43.1 Å². The van der Waals surface area contributed by atoms with Crippen molar-refractivity contribution in [2.75, 3.05) is 29.4 Å². The van der Waals surface area contributed by atoms with Gasteiger partial charge in [0.05, 0.1) is 53.0 Å². The Labute approximate surface area is 244 Å². The molecule has 9 nitrogen and oxygen atoms in total. The molecule has 5 rings (SSSR count). The lowest BCUT2D eigenvalue weighted by Gasteiger charge is -2.49. The number of aryl methyl sites for hydroxylation is 1. The van der Waals surface area contributed by atoms with Gasteiger partial charge in [0, 0.05) is 6.20 Å². The first-order valence-corrected chi connectivity index (χ1v) is 13.4. The third kappa shape index (κ3) is 4.74. The largest absolute Gasteiger partial charge is 0.507 e. The van der Waals surface area contributed by atoms with Crippen molar-refractivity contribution < 1.29 is 33.0 Å². The molecule has 2 aromatic heterocycles. The summed E-state index contributed by atoms with van der Waals surface area (Å²) in [4.78, 5) is 38.1. The number of anilines is 3. The number of nitrogens with zero attached hydrogens (tertiary/aromatic N) is 5. The van der Waals surface area contributed by atoms with Crippen LogP contribution in [0.2, 0.25) is 5.02 Å². The molecule has 2 amide bonds. The number of rotatable bonds is 6. The lowest BCUT2D eigenvalue weighted by atomic mass is 9.94. The molecular weight excluding hydrogens is 575 g/mol. The number of phenolic OH excluding ortho intramolecular Hbond substituents is 1. The summed E-state index contributed by atoms with van der Waals surface area (Å²) >= 11 is 6.51. The molecule has 4 heterocycles. The molecule has 0 saturated carbocycles. The van der Waals surface area contributed by atoms with Crippen LogP contribution in [0.3, 0.4) is 0 Å². The van der Waals surface area contributed by atoms with E-state index in [-0.39, 0.29) is 41.2 Å². The predicted molar refractivity (Wildman–Crippen MR) is 150 cm³/mol. The van der Waals surface area contributed by atoms with Crippen molar-refractivity contribution in [2.45, 2.75) is 38.6 Å². The number of phenols is 1. The van der Waals surface area contributed by atoms with E-state index in [1.54, 1.807) is 19.2 Å². The third-order valence-corrected chi connectivity index (χ3v) is 7.61. The Morgan fingerprint density at radius 3 is 2.62 bits per heavy atom. The second-order valence-electron chi connectivity index (χ2n) is 10.7. The fraction of sp³-hybridized carbons (Fsp3) is 0.310. The van der Waals surface area contributed by atoms with Gasteiger partial charge in [0.2, 0.25) is 12.1 Å². The number of aliphatic hydroxyl groups excluding tert-OH is 1. The van der Waals surface area contributed by atoms with Gasteiger partial charge in [-0.1, -0.05) is 32.0 Å². The highest BCUT2D eigenvalue weighted by Gasteiger charge is 2.50. The van der Waals surface area contributed by atoms with Crippen LogP contribution in [-0.4, -0.2) is 68.4 Å². The highest BCUT2D eigenvalue weighted by atomic mass is 35.5. The molecule has 3 aromatic rings. The summed E-state index contributed by atoms with van der Waals surface area (Å²) in [6.45, 7) is 7.67. The van der Waals surface area contributed by atoms with E-state index in [1.807, 2.05) is 13.8 Å². The van der Waals surface area contributed by atoms with Gasteiger partial charge in [-0.3, -0.25) is 19.5 Å². The second-order valence-corrected chi connectivity index (χ2v) is 11.1. The average molecular weight is 602 g/mol. The number of benzene rings is 1. The van der Waals surface area contributed by atoms with Gasteiger partial charge in [0.25, 0.3) is 5.91 Å². The minimum absolute atomic E-state index is 0.00984. The number of aromatic nitrogens is 2. The zero-order chi connectivity index (χ0) is 30.7. The number of halogens is 4. The van der Waals surface area contributed by atoms with Crippen LogP contribution in [0.1, 0.15) is 31.0 Å². The van der Waals surface area contributed by atoms with Gasteiger partial charge in [-0.15, -0.1) is 0 Å². The summed E-state index contributed by atoms with van der Waals surface area (Å²) in [6.07, 6.45) is 0.713. The van der Waals surface area contributed by atoms with E-state index >= 15 is 4.39 Å². The van der Waals surface area contributed by atoms with Crippen molar-refractivity contribution in [3.05, 3.63) is 71.0 Å². The molecule has 2 N–H and O–H groups in total. The molecule has 0 radical (unpaired) electrons. The van der Waals surface area contributed by atoms with Crippen LogP contribution in [0.25, 0.3) is 11.3 Å². The Kier molecular flexibility index (Phi) is 7.40. The van der Waals surface area contributed by atoms with Crippen LogP contribution in [0.5, 0.6) is 5.75 Å². The first kappa shape index (κ1) is 29.3. The Hall–Kier alpha value is -4.16.